The van der Waals surface area contributed by atoms with Crippen molar-refractivity contribution in [2.45, 2.75) is 56.5 Å². The van der Waals surface area contributed by atoms with Gasteiger partial charge in [0.15, 0.2) is 12.4 Å². The molecule has 7 nitrogen and oxygen atoms in total. The molecular weight excluding hydrogens is 500 g/mol. The number of hydrogen-bond acceptors (Lipinski definition) is 7. The Morgan fingerprint density at radius 3 is 1.82 bits per heavy atom. The van der Waals surface area contributed by atoms with Crippen LogP contribution >= 0.6 is 0 Å². The maximum Gasteiger partial charge on any atom is 0.338 e. The van der Waals surface area contributed by atoms with Gasteiger partial charge in [-0.25, -0.2) is 4.79 Å². The molecule has 1 fully saturated rings. The fraction of sp³-hybridized carbons (Fsp3) is 0.367. The Labute approximate surface area is 225 Å². The van der Waals surface area contributed by atoms with Gasteiger partial charge >= 0.3 is 5.97 Å². The average Bonchev–Trinajstić information content (AvgIpc) is 2.93. The zero-order chi connectivity index (χ0) is 27.3. The van der Waals surface area contributed by atoms with E-state index in [1.807, 2.05) is 36.4 Å². The highest BCUT2D eigenvalue weighted by Crippen LogP contribution is 2.37. The Morgan fingerprint density at radius 1 is 0.842 bits per heavy atom. The number of methoxy groups -OCH3 is 1. The van der Waals surface area contributed by atoms with Crippen LogP contribution in [0.15, 0.2) is 91.0 Å². The maximum atomic E-state index is 12.8. The van der Waals surface area contributed by atoms with E-state index in [1.54, 1.807) is 30.3 Å². The van der Waals surface area contributed by atoms with Gasteiger partial charge in [-0.05, 0) is 27.5 Å². The van der Waals surface area contributed by atoms with E-state index in [0.29, 0.717) is 5.56 Å². The first-order chi connectivity index (χ1) is 18.2. The van der Waals surface area contributed by atoms with Crippen LogP contribution in [0, 0.1) is 0 Å². The Balaban J connectivity index is 1.65. The molecule has 0 bridgehead atoms. The van der Waals surface area contributed by atoms with E-state index in [4.69, 9.17) is 18.6 Å². The van der Waals surface area contributed by atoms with Gasteiger partial charge in [-0.2, -0.15) is 0 Å². The molecular formula is C30H36O7Si. The largest absolute Gasteiger partial charge is 0.453 e. The third kappa shape index (κ3) is 5.61. The van der Waals surface area contributed by atoms with Crippen molar-refractivity contribution >= 4 is 24.7 Å². The summed E-state index contributed by atoms with van der Waals surface area (Å²) >= 11 is 0. The molecule has 1 aliphatic heterocycles. The SMILES string of the molecule is CO[C@@H]1O[C@H](CO[Si](c2ccccc2)(c2ccccc2)C(C)(C)C)[C@@H](O)[C@H](OC(=O)c2ccccc2)[C@@H]1O. The van der Waals surface area contributed by atoms with Crippen LogP contribution in [0.2, 0.25) is 5.04 Å². The fourth-order valence-electron chi connectivity index (χ4n) is 5.11. The van der Waals surface area contributed by atoms with Crippen LogP contribution in [-0.2, 0) is 18.6 Å². The molecule has 5 atom stereocenters. The minimum Gasteiger partial charge on any atom is -0.453 e. The number of benzene rings is 3. The molecule has 8 heteroatoms. The zero-order valence-electron chi connectivity index (χ0n) is 22.2. The molecule has 0 aliphatic carbocycles. The third-order valence-electron chi connectivity index (χ3n) is 7.01. The summed E-state index contributed by atoms with van der Waals surface area (Å²) < 4.78 is 23.8. The maximum absolute atomic E-state index is 12.8. The smallest absolute Gasteiger partial charge is 0.338 e. The van der Waals surface area contributed by atoms with Gasteiger partial charge in [0.1, 0.15) is 18.3 Å². The van der Waals surface area contributed by atoms with E-state index < -0.39 is 45.0 Å². The summed E-state index contributed by atoms with van der Waals surface area (Å²) in [6.45, 7) is 6.47. The van der Waals surface area contributed by atoms with E-state index in [0.717, 1.165) is 10.4 Å². The topological polar surface area (TPSA) is 94.5 Å². The molecule has 1 saturated heterocycles. The fourth-order valence-corrected chi connectivity index (χ4v) is 9.68. The van der Waals surface area contributed by atoms with Gasteiger partial charge in [-0.3, -0.25) is 0 Å². The van der Waals surface area contributed by atoms with Crippen molar-refractivity contribution in [3.8, 4) is 0 Å². The average molecular weight is 537 g/mol. The van der Waals surface area contributed by atoms with E-state index in [9.17, 15) is 15.0 Å². The van der Waals surface area contributed by atoms with Crippen molar-refractivity contribution in [1.82, 2.24) is 0 Å². The molecule has 202 valence electrons. The number of ether oxygens (including phenoxy) is 3. The second-order valence-electron chi connectivity index (χ2n) is 10.5. The van der Waals surface area contributed by atoms with Crippen molar-refractivity contribution in [2.24, 2.45) is 0 Å². The van der Waals surface area contributed by atoms with E-state index >= 15 is 0 Å². The minimum absolute atomic E-state index is 0.000412. The first-order valence-corrected chi connectivity index (χ1v) is 14.7. The van der Waals surface area contributed by atoms with Gasteiger partial charge in [0, 0.05) is 7.11 Å². The molecule has 3 aromatic rings. The Kier molecular flexibility index (Phi) is 8.82. The van der Waals surface area contributed by atoms with E-state index in [2.05, 4.69) is 45.0 Å². The summed E-state index contributed by atoms with van der Waals surface area (Å²) in [5.74, 6) is -0.655. The number of carbonyl (C=O) groups excluding carboxylic acids is 1. The predicted molar refractivity (Wildman–Crippen MR) is 147 cm³/mol. The normalized spacial score (nSPS) is 24.1. The monoisotopic (exact) mass is 536 g/mol. The summed E-state index contributed by atoms with van der Waals surface area (Å²) in [7, 11) is -1.53. The molecule has 0 radical (unpaired) electrons. The predicted octanol–water partition coefficient (Wildman–Crippen LogP) is 2.88. The van der Waals surface area contributed by atoms with Crippen LogP contribution < -0.4 is 10.4 Å². The van der Waals surface area contributed by atoms with Crippen LogP contribution in [0.4, 0.5) is 0 Å². The number of aliphatic hydroxyl groups excluding tert-OH is 2. The Morgan fingerprint density at radius 2 is 1.34 bits per heavy atom. The van der Waals surface area contributed by atoms with Crippen molar-refractivity contribution < 1.29 is 33.6 Å². The lowest BCUT2D eigenvalue weighted by atomic mass is 9.99. The van der Waals surface area contributed by atoms with Crippen molar-refractivity contribution in [3.63, 3.8) is 0 Å². The number of carbonyl (C=O) groups is 1. The minimum atomic E-state index is -2.92. The lowest BCUT2D eigenvalue weighted by Gasteiger charge is -2.46. The molecule has 0 unspecified atom stereocenters. The molecule has 0 amide bonds. The highest BCUT2D eigenvalue weighted by Gasteiger charge is 2.53. The van der Waals surface area contributed by atoms with Gasteiger partial charge in [-0.15, -0.1) is 0 Å². The third-order valence-corrected chi connectivity index (χ3v) is 12.0. The summed E-state index contributed by atoms with van der Waals surface area (Å²) in [4.78, 5) is 12.8. The van der Waals surface area contributed by atoms with Crippen LogP contribution in [0.3, 0.4) is 0 Å². The van der Waals surface area contributed by atoms with Crippen LogP contribution in [0.25, 0.3) is 0 Å². The summed E-state index contributed by atoms with van der Waals surface area (Å²) in [5.41, 5.74) is 0.312. The van der Waals surface area contributed by atoms with Crippen LogP contribution in [0.1, 0.15) is 31.1 Å². The number of hydrogen-bond donors (Lipinski definition) is 2. The first-order valence-electron chi connectivity index (χ1n) is 12.7. The van der Waals surface area contributed by atoms with Crippen molar-refractivity contribution in [3.05, 3.63) is 96.6 Å². The standard InChI is InChI=1S/C30H36O7Si/c1-30(2,3)38(22-16-10-6-11-17-22,23-18-12-7-13-19-23)35-20-24-25(31)27(26(32)29(34-4)36-24)37-28(33)21-14-8-5-9-15-21/h5-19,24-27,29,31-32H,20H2,1-4H3/t24-,25-,26+,27+,29-/m1/s1. The zero-order valence-corrected chi connectivity index (χ0v) is 23.2. The lowest BCUT2D eigenvalue weighted by Crippen LogP contribution is -2.68. The highest BCUT2D eigenvalue weighted by atomic mass is 28.4. The van der Waals surface area contributed by atoms with Gasteiger partial charge in [-0.1, -0.05) is 99.6 Å². The van der Waals surface area contributed by atoms with E-state index in [-0.39, 0.29) is 11.6 Å². The molecule has 2 N–H and O–H groups in total. The van der Waals surface area contributed by atoms with Gasteiger partial charge in [0.05, 0.1) is 12.2 Å². The molecule has 38 heavy (non-hydrogen) atoms. The Hall–Kier alpha value is -2.85. The molecule has 0 saturated carbocycles. The van der Waals surface area contributed by atoms with Gasteiger partial charge < -0.3 is 28.8 Å². The Bertz CT molecular complexity index is 1130. The molecule has 0 aromatic heterocycles. The first kappa shape index (κ1) is 28.2. The van der Waals surface area contributed by atoms with Crippen molar-refractivity contribution in [2.75, 3.05) is 13.7 Å². The van der Waals surface area contributed by atoms with Crippen LogP contribution in [0.5, 0.6) is 0 Å². The summed E-state index contributed by atoms with van der Waals surface area (Å²) in [5, 5.41) is 24.0. The van der Waals surface area contributed by atoms with E-state index in [1.165, 1.54) is 7.11 Å². The van der Waals surface area contributed by atoms with Crippen LogP contribution in [-0.4, -0.2) is 68.9 Å². The number of aliphatic hydroxyl groups is 2. The second-order valence-corrected chi connectivity index (χ2v) is 14.8. The molecule has 0 spiro atoms. The molecule has 4 rings (SSSR count). The molecule has 1 heterocycles. The lowest BCUT2D eigenvalue weighted by molar-refractivity contribution is -0.292. The van der Waals surface area contributed by atoms with Gasteiger partial charge in [0.2, 0.25) is 0 Å². The van der Waals surface area contributed by atoms with Gasteiger partial charge in [0.25, 0.3) is 8.32 Å². The van der Waals surface area contributed by atoms with Crippen molar-refractivity contribution in [1.29, 1.82) is 0 Å². The second kappa shape index (κ2) is 11.9. The molecule has 1 aliphatic rings. The summed E-state index contributed by atoms with van der Waals surface area (Å²) in [6, 6.07) is 28.7. The summed E-state index contributed by atoms with van der Waals surface area (Å²) in [6.07, 6.45) is -6.03. The number of rotatable bonds is 8. The highest BCUT2D eigenvalue weighted by molar-refractivity contribution is 6.99. The number of esters is 1. The quantitative estimate of drug-likeness (QED) is 0.338. The molecule has 3 aromatic carbocycles.